The minimum absolute atomic E-state index is 0.175. The fourth-order valence-corrected chi connectivity index (χ4v) is 3.58. The molecule has 0 saturated heterocycles. The molecule has 0 spiro atoms. The Bertz CT molecular complexity index is 1150. The number of halogens is 1. The second-order valence-corrected chi connectivity index (χ2v) is 7.27. The van der Waals surface area contributed by atoms with Crippen LogP contribution in [0.4, 0.5) is 9.52 Å². The Morgan fingerprint density at radius 3 is 2.77 bits per heavy atom. The Morgan fingerprint density at radius 1 is 1.20 bits per heavy atom. The van der Waals surface area contributed by atoms with E-state index in [-0.39, 0.29) is 18.1 Å². The number of oxazole rings is 1. The molecule has 0 aliphatic carbocycles. The van der Waals surface area contributed by atoms with Gasteiger partial charge in [-0.3, -0.25) is 4.79 Å². The summed E-state index contributed by atoms with van der Waals surface area (Å²) in [5.74, 6) is 0.909. The lowest BCUT2D eigenvalue weighted by molar-refractivity contribution is -0.116. The molecule has 0 aliphatic rings. The monoisotopic (exact) mass is 423 g/mol. The molecule has 4 rings (SSSR count). The first-order valence-corrected chi connectivity index (χ1v) is 10.1. The molecule has 6 nitrogen and oxygen atoms in total. The zero-order chi connectivity index (χ0) is 20.9. The van der Waals surface area contributed by atoms with Gasteiger partial charge in [-0.05, 0) is 36.4 Å². The van der Waals surface area contributed by atoms with Crippen LogP contribution in [0.1, 0.15) is 12.3 Å². The third-order valence-corrected chi connectivity index (χ3v) is 5.15. The van der Waals surface area contributed by atoms with Crippen molar-refractivity contribution in [2.75, 3.05) is 12.4 Å². The summed E-state index contributed by atoms with van der Waals surface area (Å²) in [7, 11) is 1.62. The molecular weight excluding hydrogens is 405 g/mol. The van der Waals surface area contributed by atoms with Crippen molar-refractivity contribution < 1.29 is 18.3 Å². The second-order valence-electron chi connectivity index (χ2n) is 6.41. The fraction of sp³-hybridized carbons (Fsp3) is 0.136. The van der Waals surface area contributed by atoms with E-state index >= 15 is 0 Å². The van der Waals surface area contributed by atoms with Gasteiger partial charge in [0.1, 0.15) is 11.6 Å². The number of hydrogen-bond acceptors (Lipinski definition) is 6. The first-order chi connectivity index (χ1) is 14.6. The number of hydrogen-bond donors (Lipinski definition) is 1. The Kier molecular flexibility index (Phi) is 5.85. The average molecular weight is 423 g/mol. The molecule has 2 heterocycles. The largest absolute Gasteiger partial charge is 0.497 e. The molecule has 0 bridgehead atoms. The van der Waals surface area contributed by atoms with Gasteiger partial charge in [0.2, 0.25) is 5.91 Å². The predicted octanol–water partition coefficient (Wildman–Crippen LogP) is 5.18. The van der Waals surface area contributed by atoms with E-state index in [1.54, 1.807) is 25.3 Å². The zero-order valence-corrected chi connectivity index (χ0v) is 16.9. The van der Waals surface area contributed by atoms with Crippen LogP contribution in [-0.2, 0) is 11.2 Å². The minimum atomic E-state index is -0.380. The quantitative estimate of drug-likeness (QED) is 0.443. The van der Waals surface area contributed by atoms with Gasteiger partial charge in [-0.1, -0.05) is 12.1 Å². The van der Waals surface area contributed by atoms with Crippen molar-refractivity contribution in [1.82, 2.24) is 9.97 Å². The summed E-state index contributed by atoms with van der Waals surface area (Å²) in [6.45, 7) is 0. The summed E-state index contributed by atoms with van der Waals surface area (Å²) in [6.07, 6.45) is 1.94. The van der Waals surface area contributed by atoms with Gasteiger partial charge >= 0.3 is 0 Å². The number of amides is 1. The van der Waals surface area contributed by atoms with E-state index in [9.17, 15) is 9.18 Å². The lowest BCUT2D eigenvalue weighted by Gasteiger charge is -2.01. The van der Waals surface area contributed by atoms with E-state index in [0.717, 1.165) is 17.0 Å². The van der Waals surface area contributed by atoms with Gasteiger partial charge in [-0.15, -0.1) is 11.3 Å². The van der Waals surface area contributed by atoms with Crippen molar-refractivity contribution in [3.63, 3.8) is 0 Å². The van der Waals surface area contributed by atoms with Gasteiger partial charge in [0.25, 0.3) is 0 Å². The van der Waals surface area contributed by atoms with E-state index in [0.29, 0.717) is 28.8 Å². The molecule has 152 valence electrons. The van der Waals surface area contributed by atoms with Crippen LogP contribution in [0.2, 0.25) is 0 Å². The smallest absolute Gasteiger partial charge is 0.226 e. The number of rotatable bonds is 7. The Balaban J connectivity index is 1.33. The average Bonchev–Trinajstić information content (AvgIpc) is 3.42. The lowest BCUT2D eigenvalue weighted by Crippen LogP contribution is -2.12. The lowest BCUT2D eigenvalue weighted by atomic mass is 10.2. The maximum absolute atomic E-state index is 13.8. The molecule has 0 atom stereocenters. The van der Waals surface area contributed by atoms with Gasteiger partial charge in [0.15, 0.2) is 16.8 Å². The van der Waals surface area contributed by atoms with Crippen LogP contribution in [0.3, 0.4) is 0 Å². The molecule has 1 amide bonds. The number of carbonyl (C=O) groups is 1. The molecule has 0 unspecified atom stereocenters. The van der Waals surface area contributed by atoms with Gasteiger partial charge in [0.05, 0.1) is 24.6 Å². The van der Waals surface area contributed by atoms with Crippen LogP contribution in [0.5, 0.6) is 5.75 Å². The number of methoxy groups -OCH3 is 1. The van der Waals surface area contributed by atoms with Crippen LogP contribution in [0.25, 0.3) is 22.6 Å². The van der Waals surface area contributed by atoms with Gasteiger partial charge < -0.3 is 14.5 Å². The van der Waals surface area contributed by atoms with E-state index in [2.05, 4.69) is 15.3 Å². The molecule has 30 heavy (non-hydrogen) atoms. The predicted molar refractivity (Wildman–Crippen MR) is 113 cm³/mol. The van der Waals surface area contributed by atoms with Crippen molar-refractivity contribution in [2.24, 2.45) is 0 Å². The molecule has 2 aromatic heterocycles. The standard InChI is InChI=1S/C22H18FN3O3S/c1-28-15-8-6-14(7-9-15)18-13-30-22(25-18)26-20(27)10-11-21-24-12-19(29-21)16-4-2-3-5-17(16)23/h2-9,12-13H,10-11H2,1H3,(H,25,26,27). The third-order valence-electron chi connectivity index (χ3n) is 4.40. The Labute approximate surface area is 176 Å². The first kappa shape index (κ1) is 19.8. The highest BCUT2D eigenvalue weighted by atomic mass is 32.1. The Morgan fingerprint density at radius 2 is 2.00 bits per heavy atom. The van der Waals surface area contributed by atoms with Crippen LogP contribution >= 0.6 is 11.3 Å². The fourth-order valence-electron chi connectivity index (χ4n) is 2.84. The summed E-state index contributed by atoms with van der Waals surface area (Å²) in [5.41, 5.74) is 2.06. The number of carbonyl (C=O) groups excluding carboxylic acids is 1. The second kappa shape index (κ2) is 8.87. The number of ether oxygens (including phenoxy) is 1. The third kappa shape index (κ3) is 4.55. The number of nitrogens with one attached hydrogen (secondary N) is 1. The first-order valence-electron chi connectivity index (χ1n) is 9.22. The Hall–Kier alpha value is -3.52. The molecule has 4 aromatic rings. The highest BCUT2D eigenvalue weighted by Crippen LogP contribution is 2.27. The number of benzene rings is 2. The molecule has 0 radical (unpaired) electrons. The maximum Gasteiger partial charge on any atom is 0.226 e. The van der Waals surface area contributed by atoms with Gasteiger partial charge in [-0.25, -0.2) is 14.4 Å². The molecule has 0 fully saturated rings. The number of anilines is 1. The molecule has 2 aromatic carbocycles. The highest BCUT2D eigenvalue weighted by Gasteiger charge is 2.13. The summed E-state index contributed by atoms with van der Waals surface area (Å²) in [4.78, 5) is 20.8. The van der Waals surface area contributed by atoms with Crippen LogP contribution in [-0.4, -0.2) is 23.0 Å². The van der Waals surface area contributed by atoms with E-state index < -0.39 is 0 Å². The molecule has 1 N–H and O–H groups in total. The van der Waals surface area contributed by atoms with Crippen LogP contribution in [0.15, 0.2) is 64.5 Å². The SMILES string of the molecule is COc1ccc(-c2csc(NC(=O)CCc3ncc(-c4ccccc4F)o3)n2)cc1. The van der Waals surface area contributed by atoms with Crippen LogP contribution < -0.4 is 10.1 Å². The molecule has 8 heteroatoms. The van der Waals surface area contributed by atoms with Crippen molar-refractivity contribution in [3.05, 3.63) is 71.8 Å². The molecular formula is C22H18FN3O3S. The van der Waals surface area contributed by atoms with Crippen molar-refractivity contribution in [1.29, 1.82) is 0 Å². The molecule has 0 aliphatic heterocycles. The minimum Gasteiger partial charge on any atom is -0.497 e. The normalized spacial score (nSPS) is 10.7. The van der Waals surface area contributed by atoms with Crippen molar-refractivity contribution in [2.45, 2.75) is 12.8 Å². The molecule has 0 saturated carbocycles. The number of aromatic nitrogens is 2. The highest BCUT2D eigenvalue weighted by molar-refractivity contribution is 7.14. The topological polar surface area (TPSA) is 77.2 Å². The number of aryl methyl sites for hydroxylation is 1. The number of thiazole rings is 1. The van der Waals surface area contributed by atoms with Crippen LogP contribution in [0, 0.1) is 5.82 Å². The van der Waals surface area contributed by atoms with E-state index in [4.69, 9.17) is 9.15 Å². The van der Waals surface area contributed by atoms with Crippen molar-refractivity contribution in [3.8, 4) is 28.3 Å². The van der Waals surface area contributed by atoms with Gasteiger partial charge in [-0.2, -0.15) is 0 Å². The maximum atomic E-state index is 13.8. The summed E-state index contributed by atoms with van der Waals surface area (Å²) in [5, 5.41) is 5.19. The van der Waals surface area contributed by atoms with E-state index in [1.807, 2.05) is 29.6 Å². The summed E-state index contributed by atoms with van der Waals surface area (Å²) < 4.78 is 24.6. The van der Waals surface area contributed by atoms with Crippen molar-refractivity contribution >= 4 is 22.4 Å². The number of nitrogens with zero attached hydrogens (tertiary/aromatic N) is 2. The zero-order valence-electron chi connectivity index (χ0n) is 16.1. The van der Waals surface area contributed by atoms with Gasteiger partial charge in [0, 0.05) is 23.8 Å². The van der Waals surface area contributed by atoms with E-state index in [1.165, 1.54) is 23.6 Å². The summed E-state index contributed by atoms with van der Waals surface area (Å²) >= 11 is 1.35. The summed E-state index contributed by atoms with van der Waals surface area (Å²) in [6, 6.07) is 13.9.